The van der Waals surface area contributed by atoms with Gasteiger partial charge in [-0.25, -0.2) is 4.98 Å². The largest absolute Gasteiger partial charge is 0.487 e. The Morgan fingerprint density at radius 2 is 1.85 bits per heavy atom. The highest BCUT2D eigenvalue weighted by Crippen LogP contribution is 2.36. The zero-order valence-corrected chi connectivity index (χ0v) is 23.0. The molecule has 1 N–H and O–H groups in total. The first-order chi connectivity index (χ1) is 18.9. The van der Waals surface area contributed by atoms with E-state index < -0.39 is 0 Å². The molecule has 0 unspecified atom stereocenters. The maximum absolute atomic E-state index is 12.9. The number of benzene rings is 2. The van der Waals surface area contributed by atoms with Gasteiger partial charge in [0.15, 0.2) is 11.5 Å². The van der Waals surface area contributed by atoms with E-state index in [4.69, 9.17) is 14.2 Å². The van der Waals surface area contributed by atoms with Gasteiger partial charge >= 0.3 is 0 Å². The lowest BCUT2D eigenvalue weighted by Crippen LogP contribution is -2.48. The fourth-order valence-corrected chi connectivity index (χ4v) is 4.73. The minimum atomic E-state index is -0.214. The summed E-state index contributed by atoms with van der Waals surface area (Å²) in [6.45, 7) is 10.1. The third kappa shape index (κ3) is 6.24. The number of amides is 1. The Hall–Kier alpha value is -3.88. The van der Waals surface area contributed by atoms with Crippen molar-refractivity contribution in [2.45, 2.75) is 32.7 Å². The van der Waals surface area contributed by atoms with Gasteiger partial charge < -0.3 is 24.1 Å². The van der Waals surface area contributed by atoms with Crippen LogP contribution in [0.5, 0.6) is 17.2 Å². The number of likely N-dealkylation sites (tertiary alicyclic amines) is 1. The SMILES string of the molecule is CCOCCOc1cc2c(ccn2C)cc1Oc1ccnc(NC(=O)c2ccc(C3CN(C(C)C)C3)cc2)c1. The van der Waals surface area contributed by atoms with Crippen molar-refractivity contribution >= 4 is 22.6 Å². The number of hydrogen-bond donors (Lipinski definition) is 1. The number of fused-ring (bicyclic) bond motifs is 1. The second-order valence-electron chi connectivity index (χ2n) is 10.1. The van der Waals surface area contributed by atoms with Crippen LogP contribution in [0.25, 0.3) is 10.9 Å². The Morgan fingerprint density at radius 1 is 1.05 bits per heavy atom. The minimum absolute atomic E-state index is 0.214. The smallest absolute Gasteiger partial charge is 0.256 e. The van der Waals surface area contributed by atoms with Crippen molar-refractivity contribution in [3.8, 4) is 17.2 Å². The number of aryl methyl sites for hydroxylation is 1. The quantitative estimate of drug-likeness (QED) is 0.247. The van der Waals surface area contributed by atoms with Crippen molar-refractivity contribution in [3.05, 3.63) is 78.1 Å². The van der Waals surface area contributed by atoms with Crippen molar-refractivity contribution < 1.29 is 19.0 Å². The van der Waals surface area contributed by atoms with Gasteiger partial charge in [0, 0.05) is 74.2 Å². The van der Waals surface area contributed by atoms with Crippen LogP contribution in [-0.4, -0.2) is 59.3 Å². The van der Waals surface area contributed by atoms with Gasteiger partial charge in [0.25, 0.3) is 5.91 Å². The number of ether oxygens (including phenoxy) is 3. The van der Waals surface area contributed by atoms with E-state index in [0.717, 1.165) is 24.0 Å². The Balaban J connectivity index is 1.26. The number of pyridine rings is 1. The second kappa shape index (κ2) is 11.9. The van der Waals surface area contributed by atoms with E-state index in [-0.39, 0.29) is 5.91 Å². The Labute approximate surface area is 229 Å². The molecule has 0 aliphatic carbocycles. The molecule has 204 valence electrons. The lowest BCUT2D eigenvalue weighted by atomic mass is 9.90. The van der Waals surface area contributed by atoms with E-state index in [1.165, 1.54) is 5.56 Å². The minimum Gasteiger partial charge on any atom is -0.487 e. The summed E-state index contributed by atoms with van der Waals surface area (Å²) < 4.78 is 19.7. The fraction of sp³-hybridized carbons (Fsp3) is 0.355. The molecular weight excluding hydrogens is 492 g/mol. The highest BCUT2D eigenvalue weighted by molar-refractivity contribution is 6.03. The van der Waals surface area contributed by atoms with Gasteiger partial charge in [-0.2, -0.15) is 0 Å². The van der Waals surface area contributed by atoms with E-state index in [9.17, 15) is 4.79 Å². The third-order valence-electron chi connectivity index (χ3n) is 7.13. The van der Waals surface area contributed by atoms with Gasteiger partial charge in [-0.15, -0.1) is 0 Å². The molecule has 1 saturated heterocycles. The predicted molar refractivity (Wildman–Crippen MR) is 153 cm³/mol. The van der Waals surface area contributed by atoms with Crippen LogP contribution in [0.15, 0.2) is 67.0 Å². The highest BCUT2D eigenvalue weighted by Gasteiger charge is 2.29. The monoisotopic (exact) mass is 528 g/mol. The van der Waals surface area contributed by atoms with Crippen LogP contribution in [0.3, 0.4) is 0 Å². The summed E-state index contributed by atoms with van der Waals surface area (Å²) in [5.74, 6) is 2.47. The summed E-state index contributed by atoms with van der Waals surface area (Å²) in [7, 11) is 1.99. The standard InChI is InChI=1S/C31H36N4O4/c1-5-37-14-15-38-28-18-27-24(11-13-34(27)4)16-29(28)39-26-10-12-32-30(17-26)33-31(36)23-8-6-22(7-9-23)25-19-35(20-25)21(2)3/h6-13,16-18,21,25H,5,14-15,19-20H2,1-4H3,(H,32,33,36). The van der Waals surface area contributed by atoms with Crippen molar-refractivity contribution in [2.24, 2.45) is 7.05 Å². The summed E-state index contributed by atoms with van der Waals surface area (Å²) in [5, 5.41) is 3.93. The van der Waals surface area contributed by atoms with Crippen LogP contribution >= 0.6 is 0 Å². The molecule has 0 radical (unpaired) electrons. The molecule has 5 rings (SSSR count). The normalized spacial score (nSPS) is 14.0. The van der Waals surface area contributed by atoms with Gasteiger partial charge in [-0.1, -0.05) is 12.1 Å². The molecule has 1 fully saturated rings. The van der Waals surface area contributed by atoms with E-state index in [2.05, 4.69) is 41.2 Å². The number of carbonyl (C=O) groups excluding carboxylic acids is 1. The molecule has 4 aromatic rings. The summed E-state index contributed by atoms with van der Waals surface area (Å²) >= 11 is 0. The first kappa shape index (κ1) is 26.7. The van der Waals surface area contributed by atoms with Crippen molar-refractivity contribution in [2.75, 3.05) is 38.2 Å². The number of aromatic nitrogens is 2. The van der Waals surface area contributed by atoms with Crippen LogP contribution in [0, 0.1) is 0 Å². The van der Waals surface area contributed by atoms with Gasteiger partial charge in [-0.3, -0.25) is 9.69 Å². The molecular formula is C31H36N4O4. The van der Waals surface area contributed by atoms with Gasteiger partial charge in [0.2, 0.25) is 0 Å². The van der Waals surface area contributed by atoms with E-state index in [1.54, 1.807) is 18.3 Å². The van der Waals surface area contributed by atoms with E-state index >= 15 is 0 Å². The average Bonchev–Trinajstić information content (AvgIpc) is 3.25. The van der Waals surface area contributed by atoms with Crippen LogP contribution in [0.1, 0.15) is 42.6 Å². The molecule has 1 amide bonds. The Kier molecular flexibility index (Phi) is 8.14. The molecule has 8 nitrogen and oxygen atoms in total. The number of nitrogens with one attached hydrogen (secondary N) is 1. The Morgan fingerprint density at radius 3 is 2.59 bits per heavy atom. The molecule has 2 aromatic carbocycles. The van der Waals surface area contributed by atoms with E-state index in [1.807, 2.05) is 55.1 Å². The van der Waals surface area contributed by atoms with Crippen LogP contribution in [0.2, 0.25) is 0 Å². The summed E-state index contributed by atoms with van der Waals surface area (Å²) in [5.41, 5.74) is 2.90. The number of hydrogen-bond acceptors (Lipinski definition) is 6. The van der Waals surface area contributed by atoms with Crippen LogP contribution in [0.4, 0.5) is 5.82 Å². The van der Waals surface area contributed by atoms with Gasteiger partial charge in [0.05, 0.1) is 12.1 Å². The zero-order chi connectivity index (χ0) is 27.4. The molecule has 8 heteroatoms. The van der Waals surface area contributed by atoms with Crippen molar-refractivity contribution in [3.63, 3.8) is 0 Å². The number of rotatable bonds is 11. The number of anilines is 1. The second-order valence-corrected chi connectivity index (χ2v) is 10.1. The Bertz CT molecular complexity index is 1420. The maximum Gasteiger partial charge on any atom is 0.256 e. The molecule has 1 aliphatic heterocycles. The van der Waals surface area contributed by atoms with Crippen LogP contribution in [-0.2, 0) is 11.8 Å². The summed E-state index contributed by atoms with van der Waals surface area (Å²) in [4.78, 5) is 19.7. The number of nitrogens with zero attached hydrogens (tertiary/aromatic N) is 3. The molecule has 0 bridgehead atoms. The lowest BCUT2D eigenvalue weighted by Gasteiger charge is -2.42. The third-order valence-corrected chi connectivity index (χ3v) is 7.13. The highest BCUT2D eigenvalue weighted by atomic mass is 16.5. The molecule has 1 aliphatic rings. The molecule has 39 heavy (non-hydrogen) atoms. The zero-order valence-electron chi connectivity index (χ0n) is 23.0. The van der Waals surface area contributed by atoms with Crippen LogP contribution < -0.4 is 14.8 Å². The summed E-state index contributed by atoms with van der Waals surface area (Å²) in [6.07, 6.45) is 3.61. The lowest BCUT2D eigenvalue weighted by molar-refractivity contribution is 0.102. The first-order valence-electron chi connectivity index (χ1n) is 13.5. The number of carbonyl (C=O) groups is 1. The topological polar surface area (TPSA) is 77.9 Å². The summed E-state index contributed by atoms with van der Waals surface area (Å²) in [6, 6.07) is 17.8. The van der Waals surface area contributed by atoms with Crippen molar-refractivity contribution in [1.82, 2.24) is 14.5 Å². The predicted octanol–water partition coefficient (Wildman–Crippen LogP) is 5.84. The first-order valence-corrected chi connectivity index (χ1v) is 13.5. The maximum atomic E-state index is 12.9. The van der Waals surface area contributed by atoms with Crippen molar-refractivity contribution in [1.29, 1.82) is 0 Å². The van der Waals surface area contributed by atoms with Gasteiger partial charge in [-0.05, 0) is 56.7 Å². The molecule has 0 atom stereocenters. The molecule has 0 saturated carbocycles. The molecule has 0 spiro atoms. The molecule has 2 aromatic heterocycles. The molecule has 3 heterocycles. The van der Waals surface area contributed by atoms with E-state index in [0.29, 0.717) is 60.4 Å². The fourth-order valence-electron chi connectivity index (χ4n) is 4.73. The van der Waals surface area contributed by atoms with Gasteiger partial charge in [0.1, 0.15) is 18.2 Å². The average molecular weight is 529 g/mol.